The molecule has 112 valence electrons. The van der Waals surface area contributed by atoms with Crippen molar-refractivity contribution >= 4 is 17.3 Å². The standard InChI is InChI=1S/C17H20ClNO2/c1-12(2)21-17-9-4-13(10-16(17)18)11-19-14-5-7-15(20-3)8-6-14/h4-10,12,19H,11H2,1-3H3. The fourth-order valence-electron chi connectivity index (χ4n) is 1.92. The zero-order valence-electron chi connectivity index (χ0n) is 12.5. The molecule has 0 radical (unpaired) electrons. The van der Waals surface area contributed by atoms with Crippen molar-refractivity contribution in [1.29, 1.82) is 0 Å². The van der Waals surface area contributed by atoms with Crippen molar-refractivity contribution in [1.82, 2.24) is 0 Å². The van der Waals surface area contributed by atoms with E-state index in [1.807, 2.05) is 56.3 Å². The molecule has 0 aliphatic carbocycles. The van der Waals surface area contributed by atoms with Gasteiger partial charge in [0, 0.05) is 12.2 Å². The van der Waals surface area contributed by atoms with Crippen molar-refractivity contribution in [2.75, 3.05) is 12.4 Å². The number of hydrogen-bond acceptors (Lipinski definition) is 3. The van der Waals surface area contributed by atoms with E-state index >= 15 is 0 Å². The zero-order valence-corrected chi connectivity index (χ0v) is 13.3. The van der Waals surface area contributed by atoms with E-state index in [1.54, 1.807) is 7.11 Å². The summed E-state index contributed by atoms with van der Waals surface area (Å²) in [6, 6.07) is 13.7. The highest BCUT2D eigenvalue weighted by Crippen LogP contribution is 2.27. The molecule has 0 fully saturated rings. The first-order valence-corrected chi connectivity index (χ1v) is 7.29. The van der Waals surface area contributed by atoms with Crippen LogP contribution in [0.2, 0.25) is 5.02 Å². The number of anilines is 1. The highest BCUT2D eigenvalue weighted by atomic mass is 35.5. The fourth-order valence-corrected chi connectivity index (χ4v) is 2.16. The lowest BCUT2D eigenvalue weighted by molar-refractivity contribution is 0.242. The molecule has 4 heteroatoms. The monoisotopic (exact) mass is 305 g/mol. The van der Waals surface area contributed by atoms with Gasteiger partial charge >= 0.3 is 0 Å². The van der Waals surface area contributed by atoms with Gasteiger partial charge in [-0.05, 0) is 55.8 Å². The van der Waals surface area contributed by atoms with Crippen molar-refractivity contribution in [2.45, 2.75) is 26.5 Å². The fraction of sp³-hybridized carbons (Fsp3) is 0.294. The second-order valence-electron chi connectivity index (χ2n) is 5.01. The lowest BCUT2D eigenvalue weighted by atomic mass is 10.2. The molecule has 0 saturated heterocycles. The van der Waals surface area contributed by atoms with Gasteiger partial charge in [0.25, 0.3) is 0 Å². The average Bonchev–Trinajstić information content (AvgIpc) is 2.48. The van der Waals surface area contributed by atoms with Crippen molar-refractivity contribution in [2.24, 2.45) is 0 Å². The molecule has 2 aromatic carbocycles. The quantitative estimate of drug-likeness (QED) is 0.835. The summed E-state index contributed by atoms with van der Waals surface area (Å²) in [4.78, 5) is 0. The molecular formula is C17H20ClNO2. The summed E-state index contributed by atoms with van der Waals surface area (Å²) in [5, 5.41) is 3.98. The minimum Gasteiger partial charge on any atom is -0.497 e. The molecule has 0 aromatic heterocycles. The van der Waals surface area contributed by atoms with Crippen LogP contribution in [0.4, 0.5) is 5.69 Å². The van der Waals surface area contributed by atoms with Crippen LogP contribution in [0.5, 0.6) is 11.5 Å². The Morgan fingerprint density at radius 3 is 2.38 bits per heavy atom. The van der Waals surface area contributed by atoms with E-state index in [-0.39, 0.29) is 6.10 Å². The molecule has 0 spiro atoms. The Morgan fingerprint density at radius 1 is 1.10 bits per heavy atom. The molecule has 0 aliphatic heterocycles. The third-order valence-electron chi connectivity index (χ3n) is 2.95. The van der Waals surface area contributed by atoms with Crippen molar-refractivity contribution in [3.8, 4) is 11.5 Å². The second-order valence-corrected chi connectivity index (χ2v) is 5.42. The van der Waals surface area contributed by atoms with E-state index in [9.17, 15) is 0 Å². The van der Waals surface area contributed by atoms with Gasteiger partial charge in [-0.1, -0.05) is 17.7 Å². The molecule has 2 aromatic rings. The van der Waals surface area contributed by atoms with Crippen molar-refractivity contribution in [3.05, 3.63) is 53.1 Å². The topological polar surface area (TPSA) is 30.5 Å². The highest BCUT2D eigenvalue weighted by Gasteiger charge is 2.05. The Morgan fingerprint density at radius 2 is 1.81 bits per heavy atom. The number of methoxy groups -OCH3 is 1. The van der Waals surface area contributed by atoms with Gasteiger partial charge in [-0.25, -0.2) is 0 Å². The van der Waals surface area contributed by atoms with E-state index in [2.05, 4.69) is 5.32 Å². The Labute approximate surface area is 130 Å². The number of benzene rings is 2. The van der Waals surface area contributed by atoms with Crippen LogP contribution in [0.25, 0.3) is 0 Å². The van der Waals surface area contributed by atoms with E-state index in [0.717, 1.165) is 22.7 Å². The molecule has 0 amide bonds. The van der Waals surface area contributed by atoms with Gasteiger partial charge < -0.3 is 14.8 Å². The van der Waals surface area contributed by atoms with E-state index in [0.29, 0.717) is 11.6 Å². The molecular weight excluding hydrogens is 286 g/mol. The molecule has 0 bridgehead atoms. The number of nitrogens with one attached hydrogen (secondary N) is 1. The summed E-state index contributed by atoms with van der Waals surface area (Å²) < 4.78 is 10.8. The smallest absolute Gasteiger partial charge is 0.138 e. The van der Waals surface area contributed by atoms with Crippen LogP contribution in [0.3, 0.4) is 0 Å². The van der Waals surface area contributed by atoms with Crippen LogP contribution in [0.15, 0.2) is 42.5 Å². The first kappa shape index (κ1) is 15.5. The number of ether oxygens (including phenoxy) is 2. The summed E-state index contributed by atoms with van der Waals surface area (Å²) in [6.07, 6.45) is 0.116. The summed E-state index contributed by atoms with van der Waals surface area (Å²) in [7, 11) is 1.66. The lowest BCUT2D eigenvalue weighted by Crippen LogP contribution is -2.06. The van der Waals surface area contributed by atoms with Crippen LogP contribution in [-0.2, 0) is 6.54 Å². The summed E-state index contributed by atoms with van der Waals surface area (Å²) in [5.41, 5.74) is 2.14. The normalized spacial score (nSPS) is 10.5. The van der Waals surface area contributed by atoms with Gasteiger partial charge in [0.2, 0.25) is 0 Å². The molecule has 0 heterocycles. The van der Waals surface area contributed by atoms with Crippen molar-refractivity contribution in [3.63, 3.8) is 0 Å². The average molecular weight is 306 g/mol. The minimum absolute atomic E-state index is 0.116. The summed E-state index contributed by atoms with van der Waals surface area (Å²) in [5.74, 6) is 1.57. The molecule has 0 unspecified atom stereocenters. The maximum absolute atomic E-state index is 6.23. The first-order chi connectivity index (χ1) is 10.1. The predicted molar refractivity (Wildman–Crippen MR) is 87.5 cm³/mol. The second kappa shape index (κ2) is 7.23. The third kappa shape index (κ3) is 4.57. The van der Waals surface area contributed by atoms with E-state index in [4.69, 9.17) is 21.1 Å². The van der Waals surface area contributed by atoms with Gasteiger partial charge in [0.05, 0.1) is 18.2 Å². The van der Waals surface area contributed by atoms with E-state index < -0.39 is 0 Å². The molecule has 3 nitrogen and oxygen atoms in total. The first-order valence-electron chi connectivity index (χ1n) is 6.91. The maximum atomic E-state index is 6.23. The Bertz CT molecular complexity index is 582. The van der Waals surface area contributed by atoms with Gasteiger partial charge in [-0.15, -0.1) is 0 Å². The largest absolute Gasteiger partial charge is 0.497 e. The Balaban J connectivity index is 1.98. The van der Waals surface area contributed by atoms with Crippen molar-refractivity contribution < 1.29 is 9.47 Å². The molecule has 0 saturated carbocycles. The van der Waals surface area contributed by atoms with Crippen LogP contribution < -0.4 is 14.8 Å². The number of rotatable bonds is 6. The molecule has 2 rings (SSSR count). The SMILES string of the molecule is COc1ccc(NCc2ccc(OC(C)C)c(Cl)c2)cc1. The summed E-state index contributed by atoms with van der Waals surface area (Å²) in [6.45, 7) is 4.67. The maximum Gasteiger partial charge on any atom is 0.138 e. The van der Waals surface area contributed by atoms with Crippen LogP contribution in [0.1, 0.15) is 19.4 Å². The Hall–Kier alpha value is -1.87. The highest BCUT2D eigenvalue weighted by molar-refractivity contribution is 6.32. The molecule has 1 N–H and O–H groups in total. The van der Waals surface area contributed by atoms with Crippen LogP contribution in [0, 0.1) is 0 Å². The predicted octanol–water partition coefficient (Wildman–Crippen LogP) is 4.75. The van der Waals surface area contributed by atoms with Crippen LogP contribution >= 0.6 is 11.6 Å². The third-order valence-corrected chi connectivity index (χ3v) is 3.24. The van der Waals surface area contributed by atoms with Crippen LogP contribution in [-0.4, -0.2) is 13.2 Å². The zero-order chi connectivity index (χ0) is 15.2. The molecule has 21 heavy (non-hydrogen) atoms. The minimum atomic E-state index is 0.116. The number of hydrogen-bond donors (Lipinski definition) is 1. The Kier molecular flexibility index (Phi) is 5.34. The lowest BCUT2D eigenvalue weighted by Gasteiger charge is -2.13. The van der Waals surface area contributed by atoms with Gasteiger partial charge in [-0.2, -0.15) is 0 Å². The van der Waals surface area contributed by atoms with Gasteiger partial charge in [0.15, 0.2) is 0 Å². The van der Waals surface area contributed by atoms with Gasteiger partial charge in [-0.3, -0.25) is 0 Å². The van der Waals surface area contributed by atoms with E-state index in [1.165, 1.54) is 0 Å². The summed E-state index contributed by atoms with van der Waals surface area (Å²) >= 11 is 6.23. The number of halogens is 1. The molecule has 0 aliphatic rings. The molecule has 0 atom stereocenters. The van der Waals surface area contributed by atoms with Gasteiger partial charge in [0.1, 0.15) is 11.5 Å².